The first kappa shape index (κ1) is 12.9. The number of nitrogens with one attached hydrogen (secondary N) is 1. The molecule has 1 rings (SSSR count). The van der Waals surface area contributed by atoms with Gasteiger partial charge in [0.25, 0.3) is 0 Å². The van der Waals surface area contributed by atoms with Crippen LogP contribution in [0.5, 0.6) is 0 Å². The average molecular weight is 214 g/mol. The lowest BCUT2D eigenvalue weighted by molar-refractivity contribution is -0.0726. The summed E-state index contributed by atoms with van der Waals surface area (Å²) >= 11 is 0. The third-order valence-electron chi connectivity index (χ3n) is 3.35. The van der Waals surface area contributed by atoms with Crippen LogP contribution >= 0.6 is 0 Å². The average Bonchev–Trinajstić information content (AvgIpc) is 2.15. The van der Waals surface area contributed by atoms with Gasteiger partial charge in [0.15, 0.2) is 0 Å². The molecule has 0 spiro atoms. The van der Waals surface area contributed by atoms with Crippen molar-refractivity contribution in [2.75, 3.05) is 33.3 Å². The molecule has 0 aromatic heterocycles. The minimum Gasteiger partial charge on any atom is -0.371 e. The van der Waals surface area contributed by atoms with Crippen molar-refractivity contribution in [3.05, 3.63) is 0 Å². The lowest BCUT2D eigenvalue weighted by atomic mass is 10.0. The first-order valence-corrected chi connectivity index (χ1v) is 6.12. The number of likely N-dealkylation sites (N-methyl/N-ethyl adjacent to an activating group) is 1. The molecule has 0 saturated carbocycles. The van der Waals surface area contributed by atoms with Crippen molar-refractivity contribution in [3.8, 4) is 0 Å². The summed E-state index contributed by atoms with van der Waals surface area (Å²) < 4.78 is 5.86. The summed E-state index contributed by atoms with van der Waals surface area (Å²) in [7, 11) is 2.19. The summed E-state index contributed by atoms with van der Waals surface area (Å²) in [6.45, 7) is 10.6. The summed E-state index contributed by atoms with van der Waals surface area (Å²) in [5, 5.41) is 3.24. The Labute approximate surface area is 94.2 Å². The maximum atomic E-state index is 5.86. The largest absolute Gasteiger partial charge is 0.371 e. The predicted molar refractivity (Wildman–Crippen MR) is 64.2 cm³/mol. The zero-order valence-electron chi connectivity index (χ0n) is 10.7. The van der Waals surface area contributed by atoms with Crippen LogP contribution in [-0.4, -0.2) is 49.8 Å². The highest BCUT2D eigenvalue weighted by atomic mass is 16.5. The summed E-state index contributed by atoms with van der Waals surface area (Å²) in [6, 6.07) is 0.672. The van der Waals surface area contributed by atoms with Crippen molar-refractivity contribution in [1.29, 1.82) is 0 Å². The number of hydrogen-bond donors (Lipinski definition) is 1. The molecule has 0 aromatic rings. The van der Waals surface area contributed by atoms with Gasteiger partial charge in [-0.3, -0.25) is 0 Å². The molecule has 15 heavy (non-hydrogen) atoms. The van der Waals surface area contributed by atoms with Crippen molar-refractivity contribution in [2.45, 2.75) is 45.3 Å². The molecular weight excluding hydrogens is 188 g/mol. The number of ether oxygens (including phenoxy) is 1. The van der Waals surface area contributed by atoms with Crippen LogP contribution in [0.4, 0.5) is 0 Å². The Morgan fingerprint density at radius 1 is 1.47 bits per heavy atom. The molecule has 1 atom stereocenters. The van der Waals surface area contributed by atoms with Crippen LogP contribution < -0.4 is 5.32 Å². The molecule has 3 nitrogen and oxygen atoms in total. The number of hydrogen-bond acceptors (Lipinski definition) is 3. The van der Waals surface area contributed by atoms with E-state index in [9.17, 15) is 0 Å². The summed E-state index contributed by atoms with van der Waals surface area (Å²) in [4.78, 5) is 2.39. The van der Waals surface area contributed by atoms with Crippen LogP contribution in [0.15, 0.2) is 0 Å². The molecule has 0 aromatic carbocycles. The van der Waals surface area contributed by atoms with E-state index in [1.54, 1.807) is 0 Å². The third kappa shape index (κ3) is 4.09. The Kier molecular flexibility index (Phi) is 5.03. The van der Waals surface area contributed by atoms with E-state index in [1.165, 1.54) is 12.8 Å². The molecule has 1 unspecified atom stereocenters. The molecule has 90 valence electrons. The predicted octanol–water partition coefficient (Wildman–Crippen LogP) is 1.49. The normalized spacial score (nSPS) is 21.4. The van der Waals surface area contributed by atoms with Crippen LogP contribution in [-0.2, 0) is 4.74 Å². The topological polar surface area (TPSA) is 24.5 Å². The molecule has 1 N–H and O–H groups in total. The Balaban J connectivity index is 2.08. The maximum absolute atomic E-state index is 5.86. The van der Waals surface area contributed by atoms with Gasteiger partial charge in [0.2, 0.25) is 0 Å². The van der Waals surface area contributed by atoms with Gasteiger partial charge < -0.3 is 15.0 Å². The second-order valence-electron chi connectivity index (χ2n) is 5.02. The number of rotatable bonds is 7. The fourth-order valence-electron chi connectivity index (χ4n) is 1.87. The second kappa shape index (κ2) is 5.83. The van der Waals surface area contributed by atoms with Gasteiger partial charge in [0.1, 0.15) is 0 Å². The van der Waals surface area contributed by atoms with E-state index in [0.717, 1.165) is 26.2 Å². The molecule has 0 amide bonds. The smallest absolute Gasteiger partial charge is 0.0902 e. The van der Waals surface area contributed by atoms with Crippen LogP contribution in [0.2, 0.25) is 0 Å². The van der Waals surface area contributed by atoms with E-state index >= 15 is 0 Å². The molecule has 1 aliphatic rings. The highest BCUT2D eigenvalue weighted by Gasteiger charge is 2.32. The SMILES string of the molecule is CCCC(C)N(C)CCOC1(C)CNC1. The van der Waals surface area contributed by atoms with Crippen molar-refractivity contribution in [3.63, 3.8) is 0 Å². The minimum atomic E-state index is 0.106. The highest BCUT2D eigenvalue weighted by Crippen LogP contribution is 2.15. The van der Waals surface area contributed by atoms with Gasteiger partial charge in [-0.05, 0) is 27.3 Å². The molecular formula is C12H26N2O. The van der Waals surface area contributed by atoms with E-state index in [-0.39, 0.29) is 5.60 Å². The standard InChI is InChI=1S/C12H26N2O/c1-5-6-11(2)14(4)7-8-15-12(3)9-13-10-12/h11,13H,5-10H2,1-4H3. The Morgan fingerprint density at radius 2 is 2.13 bits per heavy atom. The summed E-state index contributed by atoms with van der Waals surface area (Å²) in [6.07, 6.45) is 2.53. The van der Waals surface area contributed by atoms with Crippen LogP contribution in [0.25, 0.3) is 0 Å². The van der Waals surface area contributed by atoms with Crippen molar-refractivity contribution in [1.82, 2.24) is 10.2 Å². The highest BCUT2D eigenvalue weighted by molar-refractivity contribution is 4.90. The van der Waals surface area contributed by atoms with Gasteiger partial charge >= 0.3 is 0 Å². The second-order valence-corrected chi connectivity index (χ2v) is 5.02. The molecule has 0 bridgehead atoms. The molecule has 3 heteroatoms. The maximum Gasteiger partial charge on any atom is 0.0902 e. The van der Waals surface area contributed by atoms with E-state index < -0.39 is 0 Å². The zero-order valence-corrected chi connectivity index (χ0v) is 10.7. The quantitative estimate of drug-likeness (QED) is 0.695. The summed E-state index contributed by atoms with van der Waals surface area (Å²) in [5.41, 5.74) is 0.106. The fourth-order valence-corrected chi connectivity index (χ4v) is 1.87. The van der Waals surface area contributed by atoms with Crippen LogP contribution in [0, 0.1) is 0 Å². The molecule has 0 aliphatic carbocycles. The van der Waals surface area contributed by atoms with Gasteiger partial charge in [0, 0.05) is 25.7 Å². The number of nitrogens with zero attached hydrogens (tertiary/aromatic N) is 1. The molecule has 1 heterocycles. The van der Waals surface area contributed by atoms with Gasteiger partial charge in [-0.15, -0.1) is 0 Å². The van der Waals surface area contributed by atoms with Crippen molar-refractivity contribution < 1.29 is 4.74 Å². The van der Waals surface area contributed by atoms with E-state index in [2.05, 4.69) is 38.0 Å². The monoisotopic (exact) mass is 214 g/mol. The third-order valence-corrected chi connectivity index (χ3v) is 3.35. The molecule has 1 aliphatic heterocycles. The first-order valence-electron chi connectivity index (χ1n) is 6.12. The molecule has 1 saturated heterocycles. The van der Waals surface area contributed by atoms with Gasteiger partial charge in [-0.2, -0.15) is 0 Å². The van der Waals surface area contributed by atoms with Crippen molar-refractivity contribution in [2.24, 2.45) is 0 Å². The first-order chi connectivity index (χ1) is 7.07. The lowest BCUT2D eigenvalue weighted by Gasteiger charge is -2.39. The Hall–Kier alpha value is -0.120. The van der Waals surface area contributed by atoms with Crippen LogP contribution in [0.3, 0.4) is 0 Å². The van der Waals surface area contributed by atoms with Gasteiger partial charge in [0.05, 0.1) is 12.2 Å². The molecule has 0 radical (unpaired) electrons. The Morgan fingerprint density at radius 3 is 2.60 bits per heavy atom. The summed E-state index contributed by atoms with van der Waals surface area (Å²) in [5.74, 6) is 0. The van der Waals surface area contributed by atoms with Gasteiger partial charge in [-0.1, -0.05) is 13.3 Å². The van der Waals surface area contributed by atoms with E-state index in [1.807, 2.05) is 0 Å². The van der Waals surface area contributed by atoms with Crippen molar-refractivity contribution >= 4 is 0 Å². The fraction of sp³-hybridized carbons (Fsp3) is 1.00. The lowest BCUT2D eigenvalue weighted by Crippen LogP contribution is -2.59. The zero-order chi connectivity index (χ0) is 11.3. The van der Waals surface area contributed by atoms with Crippen LogP contribution in [0.1, 0.15) is 33.6 Å². The van der Waals surface area contributed by atoms with E-state index in [4.69, 9.17) is 4.74 Å². The molecule has 1 fully saturated rings. The minimum absolute atomic E-state index is 0.106. The van der Waals surface area contributed by atoms with E-state index in [0.29, 0.717) is 6.04 Å². The Bertz CT molecular complexity index is 180. The van der Waals surface area contributed by atoms with Gasteiger partial charge in [-0.25, -0.2) is 0 Å².